The molecule has 1 aromatic heterocycles. The van der Waals surface area contributed by atoms with Crippen molar-refractivity contribution in [2.24, 2.45) is 0 Å². The van der Waals surface area contributed by atoms with Crippen molar-refractivity contribution in [1.82, 2.24) is 5.32 Å². The van der Waals surface area contributed by atoms with E-state index in [1.807, 2.05) is 24.3 Å². The Hall–Kier alpha value is -2.27. The van der Waals surface area contributed by atoms with Crippen molar-refractivity contribution in [2.45, 2.75) is 39.2 Å². The quantitative estimate of drug-likeness (QED) is 0.510. The average molecular weight is 364 g/mol. The lowest BCUT2D eigenvalue weighted by atomic mass is 10.1. The summed E-state index contributed by atoms with van der Waals surface area (Å²) < 4.78 is 11.1. The second-order valence-electron chi connectivity index (χ2n) is 5.66. The highest BCUT2D eigenvalue weighted by molar-refractivity contribution is 6.63. The molecular formula is C19H22ClNO4. The van der Waals surface area contributed by atoms with Crippen LogP contribution in [0.5, 0.6) is 5.75 Å². The fourth-order valence-corrected chi connectivity index (χ4v) is 2.42. The molecule has 25 heavy (non-hydrogen) atoms. The Labute approximate surface area is 152 Å². The van der Waals surface area contributed by atoms with Gasteiger partial charge in [-0.15, -0.1) is 0 Å². The maximum atomic E-state index is 11.9. The molecule has 0 bridgehead atoms. The molecule has 134 valence electrons. The SMILES string of the molecule is CCCc1ccc(OCc2ccc(C(=O)NCCCC(=O)Cl)o2)cc1. The van der Waals surface area contributed by atoms with E-state index in [9.17, 15) is 9.59 Å². The zero-order valence-corrected chi connectivity index (χ0v) is 15.0. The summed E-state index contributed by atoms with van der Waals surface area (Å²) in [7, 11) is 0. The minimum absolute atomic E-state index is 0.217. The van der Waals surface area contributed by atoms with E-state index < -0.39 is 5.24 Å². The van der Waals surface area contributed by atoms with E-state index in [4.69, 9.17) is 20.8 Å². The molecule has 1 amide bonds. The molecule has 0 saturated carbocycles. The van der Waals surface area contributed by atoms with Crippen LogP contribution in [0.4, 0.5) is 0 Å². The van der Waals surface area contributed by atoms with Gasteiger partial charge in [-0.05, 0) is 54.3 Å². The predicted molar refractivity (Wildman–Crippen MR) is 95.9 cm³/mol. The van der Waals surface area contributed by atoms with Gasteiger partial charge in [-0.2, -0.15) is 0 Å². The molecule has 0 fully saturated rings. The van der Waals surface area contributed by atoms with Gasteiger partial charge in [0.05, 0.1) is 0 Å². The zero-order chi connectivity index (χ0) is 18.1. The van der Waals surface area contributed by atoms with Crippen LogP contribution in [-0.4, -0.2) is 17.7 Å². The second-order valence-corrected chi connectivity index (χ2v) is 6.08. The molecule has 0 spiro atoms. The Morgan fingerprint density at radius 1 is 1.16 bits per heavy atom. The molecule has 0 radical (unpaired) electrons. The van der Waals surface area contributed by atoms with Crippen molar-refractivity contribution in [2.75, 3.05) is 6.54 Å². The number of nitrogens with one attached hydrogen (secondary N) is 1. The van der Waals surface area contributed by atoms with Gasteiger partial charge in [0.2, 0.25) is 5.24 Å². The fraction of sp³-hybridized carbons (Fsp3) is 0.368. The van der Waals surface area contributed by atoms with Gasteiger partial charge in [0.1, 0.15) is 18.1 Å². The van der Waals surface area contributed by atoms with Crippen molar-refractivity contribution in [1.29, 1.82) is 0 Å². The smallest absolute Gasteiger partial charge is 0.286 e. The number of carbonyl (C=O) groups excluding carboxylic acids is 2. The first-order valence-electron chi connectivity index (χ1n) is 8.35. The lowest BCUT2D eigenvalue weighted by Gasteiger charge is -2.05. The number of hydrogen-bond acceptors (Lipinski definition) is 4. The van der Waals surface area contributed by atoms with Crippen molar-refractivity contribution in [3.8, 4) is 5.75 Å². The van der Waals surface area contributed by atoms with Crippen LogP contribution in [0.3, 0.4) is 0 Å². The normalized spacial score (nSPS) is 10.5. The van der Waals surface area contributed by atoms with Gasteiger partial charge >= 0.3 is 0 Å². The Kier molecular flexibility index (Phi) is 7.54. The molecular weight excluding hydrogens is 342 g/mol. The van der Waals surface area contributed by atoms with Gasteiger partial charge in [-0.25, -0.2) is 0 Å². The molecule has 6 heteroatoms. The standard InChI is InChI=1S/C19H22ClNO4/c1-2-4-14-6-8-15(9-7-14)24-13-16-10-11-17(25-16)19(23)21-12-3-5-18(20)22/h6-11H,2-5,12-13H2,1H3,(H,21,23). The van der Waals surface area contributed by atoms with Crippen LogP contribution in [0.15, 0.2) is 40.8 Å². The van der Waals surface area contributed by atoms with Crippen LogP contribution in [-0.2, 0) is 17.8 Å². The molecule has 1 aromatic carbocycles. The van der Waals surface area contributed by atoms with E-state index in [0.717, 1.165) is 18.6 Å². The van der Waals surface area contributed by atoms with Gasteiger partial charge in [-0.1, -0.05) is 25.5 Å². The van der Waals surface area contributed by atoms with Crippen molar-refractivity contribution >= 4 is 22.8 Å². The lowest BCUT2D eigenvalue weighted by molar-refractivity contribution is -0.111. The van der Waals surface area contributed by atoms with E-state index in [0.29, 0.717) is 18.7 Å². The number of halogens is 1. The summed E-state index contributed by atoms with van der Waals surface area (Å²) in [5, 5.41) is 2.27. The highest BCUT2D eigenvalue weighted by Crippen LogP contribution is 2.16. The number of carbonyl (C=O) groups is 2. The van der Waals surface area contributed by atoms with Crippen molar-refractivity contribution < 1.29 is 18.7 Å². The molecule has 0 aliphatic carbocycles. The summed E-state index contributed by atoms with van der Waals surface area (Å²) in [5.74, 6) is 1.22. The summed E-state index contributed by atoms with van der Waals surface area (Å²) in [5.41, 5.74) is 1.28. The zero-order valence-electron chi connectivity index (χ0n) is 14.2. The van der Waals surface area contributed by atoms with Crippen LogP contribution in [0.2, 0.25) is 0 Å². The topological polar surface area (TPSA) is 68.5 Å². The van der Waals surface area contributed by atoms with Crippen LogP contribution < -0.4 is 10.1 Å². The molecule has 2 rings (SSSR count). The number of amides is 1. The molecule has 2 aromatic rings. The van der Waals surface area contributed by atoms with Crippen LogP contribution in [0.25, 0.3) is 0 Å². The number of ether oxygens (including phenoxy) is 1. The van der Waals surface area contributed by atoms with E-state index in [1.54, 1.807) is 12.1 Å². The predicted octanol–water partition coefficient (Wildman–Crippen LogP) is 4.09. The number of rotatable bonds is 10. The third-order valence-corrected chi connectivity index (χ3v) is 3.75. The molecule has 0 aliphatic heterocycles. The fourth-order valence-electron chi connectivity index (χ4n) is 2.29. The Bertz CT molecular complexity index is 694. The van der Waals surface area contributed by atoms with Crippen molar-refractivity contribution in [3.05, 3.63) is 53.5 Å². The monoisotopic (exact) mass is 363 g/mol. The van der Waals surface area contributed by atoms with Gasteiger partial charge in [0.25, 0.3) is 5.91 Å². The Morgan fingerprint density at radius 3 is 2.60 bits per heavy atom. The van der Waals surface area contributed by atoms with Crippen LogP contribution >= 0.6 is 11.6 Å². The molecule has 0 unspecified atom stereocenters. The van der Waals surface area contributed by atoms with Gasteiger partial charge in [0.15, 0.2) is 5.76 Å². The summed E-state index contributed by atoms with van der Waals surface area (Å²) in [6.45, 7) is 2.77. The first-order valence-corrected chi connectivity index (χ1v) is 8.73. The summed E-state index contributed by atoms with van der Waals surface area (Å²) in [6.07, 6.45) is 2.89. The first kappa shape index (κ1) is 19.1. The number of benzene rings is 1. The van der Waals surface area contributed by atoms with E-state index in [1.165, 1.54) is 5.56 Å². The largest absolute Gasteiger partial charge is 0.486 e. The molecule has 0 atom stereocenters. The molecule has 1 N–H and O–H groups in total. The lowest BCUT2D eigenvalue weighted by Crippen LogP contribution is -2.24. The summed E-state index contributed by atoms with van der Waals surface area (Å²) >= 11 is 5.24. The van der Waals surface area contributed by atoms with Gasteiger partial charge in [-0.3, -0.25) is 9.59 Å². The Morgan fingerprint density at radius 2 is 1.92 bits per heavy atom. The number of hydrogen-bond donors (Lipinski definition) is 1. The third-order valence-electron chi connectivity index (χ3n) is 3.56. The average Bonchev–Trinajstić information content (AvgIpc) is 3.07. The second kappa shape index (κ2) is 9.89. The Balaban J connectivity index is 1.78. The van der Waals surface area contributed by atoms with Gasteiger partial charge < -0.3 is 14.5 Å². The highest BCUT2D eigenvalue weighted by atomic mass is 35.5. The molecule has 0 aliphatic rings. The van der Waals surface area contributed by atoms with Gasteiger partial charge in [0, 0.05) is 13.0 Å². The summed E-state index contributed by atoms with van der Waals surface area (Å²) in [4.78, 5) is 22.5. The highest BCUT2D eigenvalue weighted by Gasteiger charge is 2.11. The first-order chi connectivity index (χ1) is 12.1. The minimum atomic E-state index is -0.408. The van der Waals surface area contributed by atoms with E-state index in [-0.39, 0.29) is 24.7 Å². The van der Waals surface area contributed by atoms with Crippen LogP contribution in [0.1, 0.15) is 48.1 Å². The third kappa shape index (κ3) is 6.63. The minimum Gasteiger partial charge on any atom is -0.486 e. The number of furan rings is 1. The maximum Gasteiger partial charge on any atom is 0.286 e. The molecule has 1 heterocycles. The van der Waals surface area contributed by atoms with E-state index >= 15 is 0 Å². The molecule has 0 saturated heterocycles. The molecule has 5 nitrogen and oxygen atoms in total. The van der Waals surface area contributed by atoms with E-state index in [2.05, 4.69) is 12.2 Å². The maximum absolute atomic E-state index is 11.9. The van der Waals surface area contributed by atoms with Crippen LogP contribution in [0, 0.1) is 0 Å². The summed E-state index contributed by atoms with van der Waals surface area (Å²) in [6, 6.07) is 11.3. The number of aryl methyl sites for hydroxylation is 1. The van der Waals surface area contributed by atoms with Crippen molar-refractivity contribution in [3.63, 3.8) is 0 Å².